The Bertz CT molecular complexity index is 1450. The third-order valence-corrected chi connectivity index (χ3v) is 5.85. The van der Waals surface area contributed by atoms with Crippen LogP contribution >= 0.6 is 0 Å². The van der Waals surface area contributed by atoms with Crippen LogP contribution in [-0.4, -0.2) is 27.1 Å². The molecule has 11 heteroatoms. The number of anilines is 3. The summed E-state index contributed by atoms with van der Waals surface area (Å²) in [5.41, 5.74) is 8.35. The smallest absolute Gasteiger partial charge is 0.383 e. The van der Waals surface area contributed by atoms with E-state index in [9.17, 15) is 22.4 Å². The first-order valence-corrected chi connectivity index (χ1v) is 10.3. The van der Waals surface area contributed by atoms with E-state index in [-0.39, 0.29) is 0 Å². The molecule has 34 heavy (non-hydrogen) atoms. The summed E-state index contributed by atoms with van der Waals surface area (Å²) in [7, 11) is 1.85. The number of hydrogen-bond donors (Lipinski definition) is 2. The van der Waals surface area contributed by atoms with Crippen molar-refractivity contribution >= 4 is 34.3 Å². The SMILES string of the molecule is Cn1cc(-c2ccc3c(c2)CCN3C(=O)Nc2cc(C(F)(F)F)ccc2F)c2c(N)ncnc21. The van der Waals surface area contributed by atoms with Gasteiger partial charge in [-0.1, -0.05) is 6.07 Å². The van der Waals surface area contributed by atoms with E-state index in [1.807, 2.05) is 29.9 Å². The molecule has 0 bridgehead atoms. The molecule has 174 valence electrons. The van der Waals surface area contributed by atoms with E-state index < -0.39 is 29.3 Å². The average Bonchev–Trinajstić information content (AvgIpc) is 3.36. The number of fused-ring (bicyclic) bond motifs is 2. The highest BCUT2D eigenvalue weighted by Gasteiger charge is 2.32. The first kappa shape index (κ1) is 21.7. The van der Waals surface area contributed by atoms with E-state index in [1.54, 1.807) is 6.07 Å². The number of alkyl halides is 3. The largest absolute Gasteiger partial charge is 0.416 e. The predicted octanol–water partition coefficient (Wildman–Crippen LogP) is 4.97. The lowest BCUT2D eigenvalue weighted by molar-refractivity contribution is -0.137. The highest BCUT2D eigenvalue weighted by atomic mass is 19.4. The van der Waals surface area contributed by atoms with Crippen molar-refractivity contribution in [2.24, 2.45) is 7.05 Å². The molecule has 7 nitrogen and oxygen atoms in total. The van der Waals surface area contributed by atoms with Crippen LogP contribution in [0.15, 0.2) is 48.9 Å². The van der Waals surface area contributed by atoms with Gasteiger partial charge in [-0.2, -0.15) is 13.2 Å². The lowest BCUT2D eigenvalue weighted by Crippen LogP contribution is -2.33. The molecule has 0 atom stereocenters. The molecule has 3 heterocycles. The Morgan fingerprint density at radius 1 is 1.15 bits per heavy atom. The summed E-state index contributed by atoms with van der Waals surface area (Å²) in [5.74, 6) is -0.600. The van der Waals surface area contributed by atoms with Gasteiger partial charge >= 0.3 is 12.2 Å². The summed E-state index contributed by atoms with van der Waals surface area (Å²) < 4.78 is 54.8. The van der Waals surface area contributed by atoms with Gasteiger partial charge in [0, 0.05) is 31.0 Å². The Morgan fingerprint density at radius 3 is 2.71 bits per heavy atom. The fourth-order valence-electron chi connectivity index (χ4n) is 4.21. The fourth-order valence-corrected chi connectivity index (χ4v) is 4.21. The lowest BCUT2D eigenvalue weighted by atomic mass is 10.0. The summed E-state index contributed by atoms with van der Waals surface area (Å²) in [6, 6.07) is 6.67. The van der Waals surface area contributed by atoms with Gasteiger partial charge in [0.25, 0.3) is 0 Å². The molecule has 2 aromatic heterocycles. The van der Waals surface area contributed by atoms with Crippen molar-refractivity contribution in [1.29, 1.82) is 0 Å². The molecule has 0 fully saturated rings. The normalized spacial score (nSPS) is 13.4. The van der Waals surface area contributed by atoms with Crippen molar-refractivity contribution in [3.8, 4) is 11.1 Å². The maximum atomic E-state index is 14.1. The van der Waals surface area contributed by atoms with Crippen molar-refractivity contribution in [1.82, 2.24) is 14.5 Å². The second-order valence-corrected chi connectivity index (χ2v) is 7.98. The summed E-state index contributed by atoms with van der Waals surface area (Å²) >= 11 is 0. The molecule has 3 N–H and O–H groups in total. The van der Waals surface area contributed by atoms with E-state index in [0.717, 1.165) is 22.1 Å². The number of aryl methyl sites for hydroxylation is 1. The molecule has 5 rings (SSSR count). The zero-order valence-corrected chi connectivity index (χ0v) is 17.8. The second-order valence-electron chi connectivity index (χ2n) is 7.98. The molecule has 4 aromatic rings. The molecule has 2 amide bonds. The fraction of sp³-hybridized carbons (Fsp3) is 0.174. The van der Waals surface area contributed by atoms with E-state index in [4.69, 9.17) is 5.73 Å². The van der Waals surface area contributed by atoms with Gasteiger partial charge in [-0.3, -0.25) is 4.90 Å². The zero-order chi connectivity index (χ0) is 24.2. The number of amides is 2. The highest BCUT2D eigenvalue weighted by molar-refractivity contribution is 6.04. The highest BCUT2D eigenvalue weighted by Crippen LogP contribution is 2.37. The van der Waals surface area contributed by atoms with Gasteiger partial charge in [-0.05, 0) is 47.9 Å². The average molecular weight is 470 g/mol. The Hall–Kier alpha value is -4.15. The van der Waals surface area contributed by atoms with Gasteiger partial charge in [-0.25, -0.2) is 19.2 Å². The van der Waals surface area contributed by atoms with E-state index in [1.165, 1.54) is 11.2 Å². The van der Waals surface area contributed by atoms with Gasteiger partial charge in [-0.15, -0.1) is 0 Å². The number of nitrogens with one attached hydrogen (secondary N) is 1. The van der Waals surface area contributed by atoms with E-state index in [0.29, 0.717) is 48.3 Å². The number of rotatable bonds is 2. The number of halogens is 4. The molecule has 0 saturated carbocycles. The number of nitrogens with zero attached hydrogens (tertiary/aromatic N) is 4. The number of urea groups is 1. The maximum Gasteiger partial charge on any atom is 0.416 e. The van der Waals surface area contributed by atoms with E-state index in [2.05, 4.69) is 15.3 Å². The number of nitrogens with two attached hydrogens (primary N) is 1. The third kappa shape index (κ3) is 3.58. The van der Waals surface area contributed by atoms with Crippen LogP contribution in [0.4, 0.5) is 39.5 Å². The van der Waals surface area contributed by atoms with Crippen molar-refractivity contribution in [3.63, 3.8) is 0 Å². The van der Waals surface area contributed by atoms with Crippen LogP contribution in [0.2, 0.25) is 0 Å². The number of benzene rings is 2. The molecule has 0 unspecified atom stereocenters. The second kappa shape index (κ2) is 7.72. The number of aromatic nitrogens is 3. The van der Waals surface area contributed by atoms with Crippen molar-refractivity contribution in [3.05, 3.63) is 65.9 Å². The van der Waals surface area contributed by atoms with Crippen LogP contribution in [0.25, 0.3) is 22.2 Å². The molecule has 0 radical (unpaired) electrons. The van der Waals surface area contributed by atoms with Crippen LogP contribution in [0.5, 0.6) is 0 Å². The number of nitrogen functional groups attached to an aromatic ring is 1. The molecule has 1 aliphatic heterocycles. The molecule has 0 spiro atoms. The number of carbonyl (C=O) groups is 1. The first-order chi connectivity index (χ1) is 16.1. The molecule has 1 aliphatic rings. The zero-order valence-electron chi connectivity index (χ0n) is 17.8. The van der Waals surface area contributed by atoms with Crippen molar-refractivity contribution < 1.29 is 22.4 Å². The van der Waals surface area contributed by atoms with Crippen LogP contribution in [-0.2, 0) is 19.6 Å². The summed E-state index contributed by atoms with van der Waals surface area (Å²) in [6.45, 7) is 0.298. The Kier molecular flexibility index (Phi) is 4.92. The third-order valence-electron chi connectivity index (χ3n) is 5.85. The number of hydrogen-bond acceptors (Lipinski definition) is 4. The lowest BCUT2D eigenvalue weighted by Gasteiger charge is -2.19. The van der Waals surface area contributed by atoms with Crippen molar-refractivity contribution in [2.75, 3.05) is 22.5 Å². The maximum absolute atomic E-state index is 14.1. The number of carbonyl (C=O) groups excluding carboxylic acids is 1. The van der Waals surface area contributed by atoms with Crippen LogP contribution in [0.3, 0.4) is 0 Å². The first-order valence-electron chi connectivity index (χ1n) is 10.3. The van der Waals surface area contributed by atoms with Gasteiger partial charge < -0.3 is 15.6 Å². The predicted molar refractivity (Wildman–Crippen MR) is 120 cm³/mol. The van der Waals surface area contributed by atoms with Gasteiger partial charge in [0.2, 0.25) is 0 Å². The van der Waals surface area contributed by atoms with Crippen molar-refractivity contribution in [2.45, 2.75) is 12.6 Å². The Balaban J connectivity index is 1.44. The monoisotopic (exact) mass is 470 g/mol. The van der Waals surface area contributed by atoms with Gasteiger partial charge in [0.1, 0.15) is 23.6 Å². The minimum atomic E-state index is -4.65. The quantitative estimate of drug-likeness (QED) is 0.405. The Morgan fingerprint density at radius 2 is 1.94 bits per heavy atom. The Labute approximate surface area is 190 Å². The molecule has 0 aliphatic carbocycles. The standard InChI is InChI=1S/C23H18F4N6O/c1-32-10-15(19-20(28)29-11-30-21(19)32)12-2-5-18-13(8-12)6-7-33(18)22(34)31-17-9-14(23(25,26)27)3-4-16(17)24/h2-5,8-11H,6-7H2,1H3,(H,31,34)(H2,28,29,30). The minimum absolute atomic E-state index is 0.298. The van der Waals surface area contributed by atoms with E-state index >= 15 is 0 Å². The molecule has 2 aromatic carbocycles. The summed E-state index contributed by atoms with van der Waals surface area (Å²) in [6.07, 6.45) is -0.834. The minimum Gasteiger partial charge on any atom is -0.383 e. The summed E-state index contributed by atoms with van der Waals surface area (Å²) in [5, 5.41) is 2.98. The summed E-state index contributed by atoms with van der Waals surface area (Å²) in [4.78, 5) is 22.5. The molecular weight excluding hydrogens is 452 g/mol. The van der Waals surface area contributed by atoms with Crippen LogP contribution in [0.1, 0.15) is 11.1 Å². The molecule has 0 saturated heterocycles. The molecular formula is C23H18F4N6O. The topological polar surface area (TPSA) is 89.1 Å². The van der Waals surface area contributed by atoms with Gasteiger partial charge in [0.05, 0.1) is 16.6 Å². The van der Waals surface area contributed by atoms with Crippen LogP contribution in [0, 0.1) is 5.82 Å². The van der Waals surface area contributed by atoms with Gasteiger partial charge in [0.15, 0.2) is 0 Å². The van der Waals surface area contributed by atoms with Crippen LogP contribution < -0.4 is 16.0 Å².